The van der Waals surface area contributed by atoms with Crippen molar-refractivity contribution in [1.29, 1.82) is 0 Å². The number of hydrogen-bond donors (Lipinski definition) is 0. The van der Waals surface area contributed by atoms with Crippen LogP contribution in [-0.4, -0.2) is 50.3 Å². The molecule has 0 spiro atoms. The zero-order chi connectivity index (χ0) is 16.7. The SMILES string of the molecule is O=C(OCC#CCN1CCOCC1)C1(c2ccccc2)CCCC1. The van der Waals surface area contributed by atoms with Crippen LogP contribution in [0, 0.1) is 11.8 Å². The van der Waals surface area contributed by atoms with Crippen LogP contribution in [-0.2, 0) is 19.7 Å². The standard InChI is InChI=1S/C20H25NO3/c22-19(24-15-7-6-12-21-13-16-23-17-14-21)20(10-4-5-11-20)18-8-2-1-3-9-18/h1-3,8-9H,4-5,10-17H2. The Labute approximate surface area is 144 Å². The van der Waals surface area contributed by atoms with Gasteiger partial charge in [0, 0.05) is 13.1 Å². The van der Waals surface area contributed by atoms with Crippen LogP contribution in [0.15, 0.2) is 30.3 Å². The molecule has 2 fully saturated rings. The van der Waals surface area contributed by atoms with E-state index in [9.17, 15) is 4.79 Å². The zero-order valence-corrected chi connectivity index (χ0v) is 14.1. The molecular formula is C20H25NO3. The number of rotatable bonds is 4. The van der Waals surface area contributed by atoms with Crippen LogP contribution >= 0.6 is 0 Å². The molecular weight excluding hydrogens is 302 g/mol. The first-order chi connectivity index (χ1) is 11.8. The molecule has 24 heavy (non-hydrogen) atoms. The lowest BCUT2D eigenvalue weighted by Gasteiger charge is -2.26. The van der Waals surface area contributed by atoms with Crippen LogP contribution in [0.25, 0.3) is 0 Å². The molecule has 1 saturated heterocycles. The van der Waals surface area contributed by atoms with E-state index >= 15 is 0 Å². The lowest BCUT2D eigenvalue weighted by molar-refractivity contribution is -0.149. The number of morpholine rings is 1. The maximum atomic E-state index is 12.7. The summed E-state index contributed by atoms with van der Waals surface area (Å²) in [6.07, 6.45) is 3.90. The molecule has 1 saturated carbocycles. The number of carbonyl (C=O) groups excluding carboxylic acids is 1. The van der Waals surface area contributed by atoms with Crippen molar-refractivity contribution in [2.24, 2.45) is 0 Å². The van der Waals surface area contributed by atoms with E-state index in [0.717, 1.165) is 57.6 Å². The molecule has 0 bridgehead atoms. The molecule has 1 aromatic rings. The highest BCUT2D eigenvalue weighted by Gasteiger charge is 2.43. The van der Waals surface area contributed by atoms with Crippen LogP contribution in [0.2, 0.25) is 0 Å². The van der Waals surface area contributed by atoms with Crippen molar-refractivity contribution in [2.45, 2.75) is 31.1 Å². The highest BCUT2D eigenvalue weighted by molar-refractivity contribution is 5.83. The van der Waals surface area contributed by atoms with Gasteiger partial charge in [-0.1, -0.05) is 55.0 Å². The number of nitrogens with zero attached hydrogens (tertiary/aromatic N) is 1. The molecule has 0 unspecified atom stereocenters. The molecule has 4 heteroatoms. The van der Waals surface area contributed by atoms with Crippen molar-refractivity contribution in [3.63, 3.8) is 0 Å². The summed E-state index contributed by atoms with van der Waals surface area (Å²) in [5.41, 5.74) is 0.612. The highest BCUT2D eigenvalue weighted by Crippen LogP contribution is 2.42. The summed E-state index contributed by atoms with van der Waals surface area (Å²) in [7, 11) is 0. The second kappa shape index (κ2) is 8.32. The predicted octanol–water partition coefficient (Wildman–Crippen LogP) is 2.38. The minimum Gasteiger partial charge on any atom is -0.452 e. The first-order valence-corrected chi connectivity index (χ1v) is 8.80. The highest BCUT2D eigenvalue weighted by atomic mass is 16.5. The van der Waals surface area contributed by atoms with E-state index < -0.39 is 5.41 Å². The zero-order valence-electron chi connectivity index (χ0n) is 14.1. The van der Waals surface area contributed by atoms with Crippen molar-refractivity contribution < 1.29 is 14.3 Å². The van der Waals surface area contributed by atoms with E-state index in [1.807, 2.05) is 30.3 Å². The van der Waals surface area contributed by atoms with Crippen LogP contribution in [0.3, 0.4) is 0 Å². The first kappa shape index (κ1) is 17.0. The number of carbonyl (C=O) groups is 1. The van der Waals surface area contributed by atoms with Crippen molar-refractivity contribution in [2.75, 3.05) is 39.5 Å². The number of esters is 1. The summed E-state index contributed by atoms with van der Waals surface area (Å²) in [4.78, 5) is 15.0. The predicted molar refractivity (Wildman–Crippen MR) is 92.6 cm³/mol. The van der Waals surface area contributed by atoms with Gasteiger partial charge in [-0.05, 0) is 18.4 Å². The fourth-order valence-corrected chi connectivity index (χ4v) is 3.56. The summed E-state index contributed by atoms with van der Waals surface area (Å²) < 4.78 is 10.8. The van der Waals surface area contributed by atoms with Gasteiger partial charge in [0.05, 0.1) is 25.2 Å². The van der Waals surface area contributed by atoms with E-state index in [0.29, 0.717) is 6.54 Å². The molecule has 0 atom stereocenters. The average Bonchev–Trinajstić information content (AvgIpc) is 3.14. The molecule has 1 aliphatic carbocycles. The third kappa shape index (κ3) is 3.98. The van der Waals surface area contributed by atoms with Gasteiger partial charge in [-0.25, -0.2) is 0 Å². The maximum Gasteiger partial charge on any atom is 0.317 e. The molecule has 2 aliphatic rings. The minimum absolute atomic E-state index is 0.119. The van der Waals surface area contributed by atoms with Gasteiger partial charge in [-0.15, -0.1) is 0 Å². The Hall–Kier alpha value is -1.83. The molecule has 0 radical (unpaired) electrons. The largest absolute Gasteiger partial charge is 0.452 e. The summed E-state index contributed by atoms with van der Waals surface area (Å²) in [6.45, 7) is 4.28. The molecule has 1 heterocycles. The molecule has 128 valence electrons. The second-order valence-corrected chi connectivity index (χ2v) is 6.47. The smallest absolute Gasteiger partial charge is 0.317 e. The monoisotopic (exact) mass is 327 g/mol. The van der Waals surface area contributed by atoms with E-state index in [1.54, 1.807) is 0 Å². The van der Waals surface area contributed by atoms with Crippen molar-refractivity contribution in [3.8, 4) is 11.8 Å². The molecule has 0 N–H and O–H groups in total. The maximum absolute atomic E-state index is 12.7. The third-order valence-electron chi connectivity index (χ3n) is 4.98. The van der Waals surface area contributed by atoms with Gasteiger partial charge in [0.15, 0.2) is 6.61 Å². The van der Waals surface area contributed by atoms with E-state index in [-0.39, 0.29) is 12.6 Å². The molecule has 1 aromatic carbocycles. The van der Waals surface area contributed by atoms with Gasteiger partial charge in [0.1, 0.15) is 0 Å². The normalized spacial score (nSPS) is 20.2. The topological polar surface area (TPSA) is 38.8 Å². The van der Waals surface area contributed by atoms with Crippen molar-refractivity contribution in [3.05, 3.63) is 35.9 Å². The van der Waals surface area contributed by atoms with Gasteiger partial charge in [0.2, 0.25) is 0 Å². The van der Waals surface area contributed by atoms with Gasteiger partial charge in [-0.3, -0.25) is 9.69 Å². The Bertz CT molecular complexity index is 590. The second-order valence-electron chi connectivity index (χ2n) is 6.47. The number of benzene rings is 1. The first-order valence-electron chi connectivity index (χ1n) is 8.80. The van der Waals surface area contributed by atoms with Crippen LogP contribution < -0.4 is 0 Å². The van der Waals surface area contributed by atoms with Crippen LogP contribution in [0.5, 0.6) is 0 Å². The minimum atomic E-state index is -0.465. The molecule has 3 rings (SSSR count). The van der Waals surface area contributed by atoms with Crippen LogP contribution in [0.1, 0.15) is 31.2 Å². The van der Waals surface area contributed by atoms with Crippen molar-refractivity contribution >= 4 is 5.97 Å². The van der Waals surface area contributed by atoms with Gasteiger partial charge >= 0.3 is 5.97 Å². The summed E-state index contributed by atoms with van der Waals surface area (Å²) >= 11 is 0. The Balaban J connectivity index is 1.53. The Morgan fingerprint density at radius 2 is 1.83 bits per heavy atom. The summed E-state index contributed by atoms with van der Waals surface area (Å²) in [5.74, 6) is 5.96. The lowest BCUT2D eigenvalue weighted by atomic mass is 9.79. The Morgan fingerprint density at radius 1 is 1.12 bits per heavy atom. The van der Waals surface area contributed by atoms with Gasteiger partial charge < -0.3 is 9.47 Å². The number of ether oxygens (including phenoxy) is 2. The average molecular weight is 327 g/mol. The quantitative estimate of drug-likeness (QED) is 0.629. The van der Waals surface area contributed by atoms with E-state index in [2.05, 4.69) is 16.7 Å². The lowest BCUT2D eigenvalue weighted by Crippen LogP contribution is -2.36. The van der Waals surface area contributed by atoms with Crippen molar-refractivity contribution in [1.82, 2.24) is 4.90 Å². The molecule has 1 aliphatic heterocycles. The fraction of sp³-hybridized carbons (Fsp3) is 0.550. The van der Waals surface area contributed by atoms with E-state index in [1.165, 1.54) is 0 Å². The van der Waals surface area contributed by atoms with Gasteiger partial charge in [0.25, 0.3) is 0 Å². The Kier molecular flexibility index (Phi) is 5.90. The van der Waals surface area contributed by atoms with Gasteiger partial charge in [-0.2, -0.15) is 0 Å². The summed E-state index contributed by atoms with van der Waals surface area (Å²) in [6, 6.07) is 10.0. The summed E-state index contributed by atoms with van der Waals surface area (Å²) in [5, 5.41) is 0. The molecule has 4 nitrogen and oxygen atoms in total. The Morgan fingerprint density at radius 3 is 2.54 bits per heavy atom. The van der Waals surface area contributed by atoms with Crippen LogP contribution in [0.4, 0.5) is 0 Å². The number of hydrogen-bond acceptors (Lipinski definition) is 4. The third-order valence-corrected chi connectivity index (χ3v) is 4.98. The fourth-order valence-electron chi connectivity index (χ4n) is 3.56. The molecule has 0 amide bonds. The molecule has 0 aromatic heterocycles. The van der Waals surface area contributed by atoms with E-state index in [4.69, 9.17) is 9.47 Å².